The Morgan fingerprint density at radius 1 is 1.31 bits per heavy atom. The number of aryl methyl sites for hydroxylation is 1. The Balaban J connectivity index is 2.25. The lowest BCUT2D eigenvalue weighted by atomic mass is 10.1. The van der Waals surface area contributed by atoms with E-state index in [1.165, 1.54) is 18.9 Å². The molecule has 1 N–H and O–H groups in total. The molecule has 0 saturated carbocycles. The number of carbonyl (C=O) groups is 2. The molecule has 0 saturated heterocycles. The summed E-state index contributed by atoms with van der Waals surface area (Å²) in [6, 6.07) is 7.95. The van der Waals surface area contributed by atoms with Crippen LogP contribution in [0.25, 0.3) is 11.4 Å². The van der Waals surface area contributed by atoms with Crippen LogP contribution >= 0.6 is 11.8 Å². The van der Waals surface area contributed by atoms with Gasteiger partial charge in [-0.15, -0.1) is 10.2 Å². The van der Waals surface area contributed by atoms with Crippen LogP contribution in [0, 0.1) is 6.92 Å². The van der Waals surface area contributed by atoms with Crippen molar-refractivity contribution in [3.8, 4) is 11.4 Å². The minimum absolute atomic E-state index is 0.458. The number of nitrogens with zero attached hydrogens (tertiary/aromatic N) is 3. The molecule has 1 aromatic carbocycles. The maximum absolute atomic E-state index is 12.0. The predicted molar refractivity (Wildman–Crippen MR) is 97.9 cm³/mol. The van der Waals surface area contributed by atoms with Gasteiger partial charge < -0.3 is 9.47 Å². The van der Waals surface area contributed by atoms with E-state index in [0.29, 0.717) is 24.1 Å². The number of thioether (sulfide) groups is 1. The molecule has 1 heterocycles. The second-order valence-corrected chi connectivity index (χ2v) is 6.87. The molecule has 0 spiro atoms. The second-order valence-electron chi connectivity index (χ2n) is 5.56. The van der Waals surface area contributed by atoms with Crippen molar-refractivity contribution in [3.63, 3.8) is 0 Å². The Kier molecular flexibility index (Phi) is 7.16. The molecule has 0 radical (unpaired) electrons. The number of carbonyl (C=O) groups excluding carboxylic acids is 2. The first kappa shape index (κ1) is 19.9. The number of hydrogen-bond donors (Lipinski definition) is 1. The van der Waals surface area contributed by atoms with Crippen LogP contribution < -0.4 is 5.32 Å². The van der Waals surface area contributed by atoms with Crippen molar-refractivity contribution < 1.29 is 19.1 Å². The van der Waals surface area contributed by atoms with E-state index in [1.807, 2.05) is 35.8 Å². The van der Waals surface area contributed by atoms with Crippen LogP contribution in [0.2, 0.25) is 0 Å². The van der Waals surface area contributed by atoms with E-state index in [9.17, 15) is 9.59 Å². The Bertz CT molecular complexity index is 778. The summed E-state index contributed by atoms with van der Waals surface area (Å²) in [6.07, 6.45) is -0.788. The summed E-state index contributed by atoms with van der Waals surface area (Å²) in [4.78, 5) is 23.2. The van der Waals surface area contributed by atoms with E-state index >= 15 is 0 Å². The van der Waals surface area contributed by atoms with Gasteiger partial charge in [0.2, 0.25) is 5.91 Å². The van der Waals surface area contributed by atoms with Gasteiger partial charge in [0.25, 0.3) is 0 Å². The SMILES string of the molecule is COCCn1c(S[C@H](C)C(=O)NC(=O)OC)nnc1-c1cccc(C)c1. The Morgan fingerprint density at radius 2 is 2.08 bits per heavy atom. The van der Waals surface area contributed by atoms with Crippen LogP contribution in [-0.4, -0.2) is 52.8 Å². The van der Waals surface area contributed by atoms with E-state index in [4.69, 9.17) is 4.74 Å². The molecule has 0 unspecified atom stereocenters. The molecule has 2 aromatic rings. The first-order valence-electron chi connectivity index (χ1n) is 8.01. The fourth-order valence-electron chi connectivity index (χ4n) is 2.22. The van der Waals surface area contributed by atoms with Crippen LogP contribution in [-0.2, 0) is 20.8 Å². The van der Waals surface area contributed by atoms with Crippen LogP contribution in [0.15, 0.2) is 29.4 Å². The van der Waals surface area contributed by atoms with Gasteiger partial charge in [0, 0.05) is 12.7 Å². The summed E-state index contributed by atoms with van der Waals surface area (Å²) in [5, 5.41) is 10.7. The van der Waals surface area contributed by atoms with Gasteiger partial charge in [-0.3, -0.25) is 14.7 Å². The molecule has 0 aliphatic heterocycles. The number of nitrogens with one attached hydrogen (secondary N) is 1. The van der Waals surface area contributed by atoms with Crippen molar-refractivity contribution in [1.29, 1.82) is 0 Å². The topological polar surface area (TPSA) is 95.3 Å². The summed E-state index contributed by atoms with van der Waals surface area (Å²) in [6.45, 7) is 4.71. The van der Waals surface area contributed by atoms with E-state index < -0.39 is 17.3 Å². The number of amides is 2. The highest BCUT2D eigenvalue weighted by Gasteiger charge is 2.22. The van der Waals surface area contributed by atoms with E-state index in [1.54, 1.807) is 14.0 Å². The molecule has 0 bridgehead atoms. The fraction of sp³-hybridized carbons (Fsp3) is 0.412. The third kappa shape index (κ3) is 5.06. The number of imide groups is 1. The zero-order chi connectivity index (χ0) is 19.1. The van der Waals surface area contributed by atoms with Gasteiger partial charge in [-0.2, -0.15) is 0 Å². The maximum Gasteiger partial charge on any atom is 0.413 e. The molecule has 0 aliphatic carbocycles. The van der Waals surface area contributed by atoms with Crippen molar-refractivity contribution in [2.75, 3.05) is 20.8 Å². The third-order valence-corrected chi connectivity index (χ3v) is 4.65. The largest absolute Gasteiger partial charge is 0.453 e. The van der Waals surface area contributed by atoms with Crippen molar-refractivity contribution in [2.24, 2.45) is 0 Å². The molecule has 26 heavy (non-hydrogen) atoms. The summed E-state index contributed by atoms with van der Waals surface area (Å²) >= 11 is 1.21. The lowest BCUT2D eigenvalue weighted by Crippen LogP contribution is -2.36. The van der Waals surface area contributed by atoms with Crippen molar-refractivity contribution in [2.45, 2.75) is 30.8 Å². The Hall–Kier alpha value is -2.39. The summed E-state index contributed by atoms with van der Waals surface area (Å²) in [5.74, 6) is 0.245. The van der Waals surface area contributed by atoms with Crippen LogP contribution in [0.4, 0.5) is 4.79 Å². The zero-order valence-corrected chi connectivity index (χ0v) is 16.0. The van der Waals surface area contributed by atoms with E-state index in [0.717, 1.165) is 11.1 Å². The fourth-order valence-corrected chi connectivity index (χ4v) is 3.10. The molecule has 8 nitrogen and oxygen atoms in total. The molecule has 0 aliphatic rings. The number of aromatic nitrogens is 3. The second kappa shape index (κ2) is 9.35. The van der Waals surface area contributed by atoms with Gasteiger partial charge in [0.15, 0.2) is 11.0 Å². The monoisotopic (exact) mass is 378 g/mol. The number of alkyl carbamates (subject to hydrolysis) is 1. The molecule has 9 heteroatoms. The lowest BCUT2D eigenvalue weighted by Gasteiger charge is -2.13. The van der Waals surface area contributed by atoms with Gasteiger partial charge in [-0.25, -0.2) is 4.79 Å². The molecule has 2 amide bonds. The first-order chi connectivity index (χ1) is 12.5. The average Bonchev–Trinajstić information content (AvgIpc) is 3.02. The highest BCUT2D eigenvalue weighted by atomic mass is 32.2. The zero-order valence-electron chi connectivity index (χ0n) is 15.2. The lowest BCUT2D eigenvalue weighted by molar-refractivity contribution is -0.119. The van der Waals surface area contributed by atoms with Gasteiger partial charge in [0.1, 0.15) is 0 Å². The summed E-state index contributed by atoms with van der Waals surface area (Å²) in [7, 11) is 2.83. The molecule has 1 atom stereocenters. The van der Waals surface area contributed by atoms with Gasteiger partial charge in [-0.1, -0.05) is 35.5 Å². The van der Waals surface area contributed by atoms with Crippen molar-refractivity contribution in [3.05, 3.63) is 29.8 Å². The molecule has 140 valence electrons. The Labute approximate surface area is 156 Å². The molecule has 0 fully saturated rings. The minimum Gasteiger partial charge on any atom is -0.453 e. The molecule has 2 rings (SSSR count). The first-order valence-corrected chi connectivity index (χ1v) is 8.89. The summed E-state index contributed by atoms with van der Waals surface area (Å²) in [5.41, 5.74) is 2.05. The normalized spacial score (nSPS) is 11.8. The number of ether oxygens (including phenoxy) is 2. The summed E-state index contributed by atoms with van der Waals surface area (Å²) < 4.78 is 11.5. The van der Waals surface area contributed by atoms with E-state index in [-0.39, 0.29) is 0 Å². The van der Waals surface area contributed by atoms with E-state index in [2.05, 4.69) is 20.3 Å². The predicted octanol–water partition coefficient (Wildman–Crippen LogP) is 2.26. The highest BCUT2D eigenvalue weighted by Crippen LogP contribution is 2.27. The molecule has 1 aromatic heterocycles. The number of rotatable bonds is 7. The number of methoxy groups -OCH3 is 2. The third-order valence-electron chi connectivity index (χ3n) is 3.57. The molecular formula is C17H22N4O4S. The standard InChI is InChI=1S/C17H22N4O4S/c1-11-6-5-7-13(10-11)14-19-20-16(21(14)8-9-24-3)26-12(2)15(22)18-17(23)25-4/h5-7,10,12H,8-9H2,1-4H3,(H,18,22,23)/t12-/m1/s1. The quantitative estimate of drug-likeness (QED) is 0.738. The smallest absolute Gasteiger partial charge is 0.413 e. The van der Waals surface area contributed by atoms with Gasteiger partial charge >= 0.3 is 6.09 Å². The van der Waals surface area contributed by atoms with Crippen molar-refractivity contribution >= 4 is 23.8 Å². The Morgan fingerprint density at radius 3 is 2.73 bits per heavy atom. The highest BCUT2D eigenvalue weighted by molar-refractivity contribution is 8.00. The molecular weight excluding hydrogens is 356 g/mol. The van der Waals surface area contributed by atoms with Gasteiger partial charge in [-0.05, 0) is 19.9 Å². The van der Waals surface area contributed by atoms with Crippen LogP contribution in [0.1, 0.15) is 12.5 Å². The average molecular weight is 378 g/mol. The van der Waals surface area contributed by atoms with Crippen LogP contribution in [0.3, 0.4) is 0 Å². The number of hydrogen-bond acceptors (Lipinski definition) is 7. The minimum atomic E-state index is -0.788. The number of benzene rings is 1. The van der Waals surface area contributed by atoms with Crippen molar-refractivity contribution in [1.82, 2.24) is 20.1 Å². The maximum atomic E-state index is 12.0. The van der Waals surface area contributed by atoms with Crippen LogP contribution in [0.5, 0.6) is 0 Å². The van der Waals surface area contributed by atoms with Gasteiger partial charge in [0.05, 0.1) is 25.5 Å².